The highest BCUT2D eigenvalue weighted by molar-refractivity contribution is 9.11. The molecule has 0 atom stereocenters. The van der Waals surface area contributed by atoms with E-state index < -0.39 is 0 Å². The quantitative estimate of drug-likeness (QED) is 0.748. The van der Waals surface area contributed by atoms with Gasteiger partial charge in [0.1, 0.15) is 9.21 Å². The Morgan fingerprint density at radius 3 is 2.74 bits per heavy atom. The highest BCUT2D eigenvalue weighted by Crippen LogP contribution is 2.22. The maximum absolute atomic E-state index is 12.0. The summed E-state index contributed by atoms with van der Waals surface area (Å²) in [6.45, 7) is 0. The lowest BCUT2D eigenvalue weighted by molar-refractivity contribution is 0.102. The van der Waals surface area contributed by atoms with Crippen molar-refractivity contribution in [1.82, 2.24) is 9.97 Å². The van der Waals surface area contributed by atoms with Crippen molar-refractivity contribution in [3.05, 3.63) is 44.2 Å². The van der Waals surface area contributed by atoms with Crippen molar-refractivity contribution >= 4 is 60.9 Å². The van der Waals surface area contributed by atoms with Crippen LogP contribution >= 0.6 is 43.5 Å². The molecule has 1 aromatic carbocycles. The topological polar surface area (TPSA) is 80.9 Å². The number of rotatable bonds is 2. The second kappa shape index (κ2) is 5.85. The molecule has 0 aliphatic carbocycles. The Kier molecular flexibility index (Phi) is 4.38. The van der Waals surface area contributed by atoms with Gasteiger partial charge in [0.05, 0.1) is 11.8 Å². The van der Waals surface area contributed by atoms with Crippen LogP contribution in [0, 0.1) is 0 Å². The Labute approximate surface area is 130 Å². The molecule has 5 nitrogen and oxygen atoms in total. The molecule has 0 radical (unpaired) electrons. The van der Waals surface area contributed by atoms with Gasteiger partial charge >= 0.3 is 0 Å². The fourth-order valence-electron chi connectivity index (χ4n) is 1.35. The van der Waals surface area contributed by atoms with Gasteiger partial charge in [-0.15, -0.1) is 0 Å². The summed E-state index contributed by atoms with van der Waals surface area (Å²) >= 11 is 12.2. The number of nitrogens with one attached hydrogen (secondary N) is 1. The molecule has 0 fully saturated rings. The summed E-state index contributed by atoms with van der Waals surface area (Å²) < 4.78 is 0.978. The van der Waals surface area contributed by atoms with E-state index in [0.717, 1.165) is 0 Å². The zero-order chi connectivity index (χ0) is 14.0. The third-order valence-electron chi connectivity index (χ3n) is 2.19. The molecule has 1 amide bonds. The highest BCUT2D eigenvalue weighted by Gasteiger charge is 2.13. The van der Waals surface area contributed by atoms with Gasteiger partial charge in [0.2, 0.25) is 0 Å². The SMILES string of the molecule is Nc1cc(Cl)ccc1C(=O)Nc1ncc(Br)nc1Br. The largest absolute Gasteiger partial charge is 0.398 e. The van der Waals surface area contributed by atoms with Gasteiger partial charge in [0.15, 0.2) is 5.82 Å². The Balaban J connectivity index is 2.25. The first-order chi connectivity index (χ1) is 8.97. The molecule has 2 rings (SSSR count). The molecular weight excluding hydrogens is 399 g/mol. The van der Waals surface area contributed by atoms with Crippen molar-refractivity contribution < 1.29 is 4.79 Å². The van der Waals surface area contributed by atoms with Gasteiger partial charge in [0.25, 0.3) is 5.91 Å². The van der Waals surface area contributed by atoms with Gasteiger partial charge in [0, 0.05) is 10.7 Å². The first-order valence-electron chi connectivity index (χ1n) is 5.02. The monoisotopic (exact) mass is 404 g/mol. The van der Waals surface area contributed by atoms with Gasteiger partial charge in [-0.1, -0.05) is 11.6 Å². The van der Waals surface area contributed by atoms with E-state index in [9.17, 15) is 4.79 Å². The van der Waals surface area contributed by atoms with Crippen LogP contribution in [0.1, 0.15) is 10.4 Å². The van der Waals surface area contributed by atoms with Gasteiger partial charge in [-0.3, -0.25) is 4.79 Å². The molecule has 8 heteroatoms. The number of carbonyl (C=O) groups excluding carboxylic acids is 1. The van der Waals surface area contributed by atoms with Gasteiger partial charge in [-0.05, 0) is 50.1 Å². The Morgan fingerprint density at radius 2 is 2.11 bits per heavy atom. The van der Waals surface area contributed by atoms with Crippen LogP contribution in [-0.4, -0.2) is 15.9 Å². The predicted octanol–water partition coefficient (Wildman–Crippen LogP) is 3.49. The summed E-state index contributed by atoms with van der Waals surface area (Å²) in [4.78, 5) is 20.1. The Hall–Kier alpha value is -1.18. The van der Waals surface area contributed by atoms with E-state index in [-0.39, 0.29) is 5.91 Å². The summed E-state index contributed by atoms with van der Waals surface area (Å²) in [5.74, 6) is -0.0750. The number of anilines is 2. The smallest absolute Gasteiger partial charge is 0.258 e. The van der Waals surface area contributed by atoms with E-state index in [0.29, 0.717) is 31.3 Å². The van der Waals surface area contributed by atoms with Crippen LogP contribution in [0.5, 0.6) is 0 Å². The average molecular weight is 406 g/mol. The van der Waals surface area contributed by atoms with Crippen molar-refractivity contribution in [2.75, 3.05) is 11.1 Å². The fraction of sp³-hybridized carbons (Fsp3) is 0. The zero-order valence-electron chi connectivity index (χ0n) is 9.32. The lowest BCUT2D eigenvalue weighted by Crippen LogP contribution is -2.15. The van der Waals surface area contributed by atoms with E-state index in [4.69, 9.17) is 17.3 Å². The second-order valence-corrected chi connectivity index (χ2v) is 5.52. The number of benzene rings is 1. The number of hydrogen-bond acceptors (Lipinski definition) is 4. The highest BCUT2D eigenvalue weighted by atomic mass is 79.9. The van der Waals surface area contributed by atoms with Crippen molar-refractivity contribution in [3.63, 3.8) is 0 Å². The van der Waals surface area contributed by atoms with E-state index >= 15 is 0 Å². The number of aromatic nitrogens is 2. The number of nitrogens with two attached hydrogens (primary N) is 1. The number of nitrogen functional groups attached to an aromatic ring is 1. The maximum Gasteiger partial charge on any atom is 0.258 e. The van der Waals surface area contributed by atoms with Gasteiger partial charge in [-0.25, -0.2) is 9.97 Å². The molecule has 0 aliphatic rings. The summed E-state index contributed by atoms with van der Waals surface area (Å²) in [6.07, 6.45) is 1.48. The first kappa shape index (κ1) is 14.2. The molecule has 98 valence electrons. The number of halogens is 3. The summed E-state index contributed by atoms with van der Waals surface area (Å²) in [5.41, 5.74) is 6.36. The Bertz CT molecular complexity index is 651. The van der Waals surface area contributed by atoms with Crippen LogP contribution in [0.15, 0.2) is 33.6 Å². The number of carbonyl (C=O) groups is 1. The van der Waals surface area contributed by atoms with E-state index in [1.807, 2.05) is 0 Å². The van der Waals surface area contributed by atoms with Crippen LogP contribution in [0.4, 0.5) is 11.5 Å². The maximum atomic E-state index is 12.0. The normalized spacial score (nSPS) is 10.3. The number of nitrogens with zero attached hydrogens (tertiary/aromatic N) is 2. The van der Waals surface area contributed by atoms with Crippen LogP contribution in [0.2, 0.25) is 5.02 Å². The minimum atomic E-state index is -0.383. The minimum Gasteiger partial charge on any atom is -0.398 e. The zero-order valence-corrected chi connectivity index (χ0v) is 13.3. The molecule has 0 saturated heterocycles. The second-order valence-electron chi connectivity index (χ2n) is 3.52. The minimum absolute atomic E-state index is 0.297. The van der Waals surface area contributed by atoms with Crippen LogP contribution in [-0.2, 0) is 0 Å². The summed E-state index contributed by atoms with van der Waals surface area (Å²) in [5, 5.41) is 3.08. The number of hydrogen-bond donors (Lipinski definition) is 2. The van der Waals surface area contributed by atoms with Gasteiger partial charge in [-0.2, -0.15) is 0 Å². The lowest BCUT2D eigenvalue weighted by Gasteiger charge is -2.08. The van der Waals surface area contributed by atoms with Crippen molar-refractivity contribution in [3.8, 4) is 0 Å². The van der Waals surface area contributed by atoms with Crippen LogP contribution < -0.4 is 11.1 Å². The molecule has 1 aromatic heterocycles. The third kappa shape index (κ3) is 3.43. The molecule has 0 unspecified atom stereocenters. The molecule has 0 aliphatic heterocycles. The van der Waals surface area contributed by atoms with E-state index in [1.54, 1.807) is 12.1 Å². The third-order valence-corrected chi connectivity index (χ3v) is 3.36. The molecule has 3 N–H and O–H groups in total. The first-order valence-corrected chi connectivity index (χ1v) is 6.98. The molecule has 19 heavy (non-hydrogen) atoms. The molecule has 0 bridgehead atoms. The van der Waals surface area contributed by atoms with Crippen molar-refractivity contribution in [1.29, 1.82) is 0 Å². The molecule has 0 saturated carbocycles. The van der Waals surface area contributed by atoms with Crippen LogP contribution in [0.25, 0.3) is 0 Å². The fourth-order valence-corrected chi connectivity index (χ4v) is 2.44. The van der Waals surface area contributed by atoms with Crippen molar-refractivity contribution in [2.45, 2.75) is 0 Å². The summed E-state index contributed by atoms with van der Waals surface area (Å²) in [7, 11) is 0. The van der Waals surface area contributed by atoms with Crippen molar-refractivity contribution in [2.24, 2.45) is 0 Å². The van der Waals surface area contributed by atoms with E-state index in [1.165, 1.54) is 12.3 Å². The average Bonchev–Trinajstić information content (AvgIpc) is 2.32. The Morgan fingerprint density at radius 1 is 1.37 bits per heavy atom. The van der Waals surface area contributed by atoms with E-state index in [2.05, 4.69) is 47.1 Å². The summed E-state index contributed by atoms with van der Waals surface area (Å²) in [6, 6.07) is 4.65. The predicted molar refractivity (Wildman–Crippen MR) is 81.2 cm³/mol. The lowest BCUT2D eigenvalue weighted by atomic mass is 10.1. The van der Waals surface area contributed by atoms with Crippen LogP contribution in [0.3, 0.4) is 0 Å². The molecule has 2 aromatic rings. The molecule has 0 spiro atoms. The number of amides is 1. The van der Waals surface area contributed by atoms with Gasteiger partial charge < -0.3 is 11.1 Å². The molecular formula is C11H7Br2ClN4O. The standard InChI is InChI=1S/C11H7Br2ClN4O/c12-8-4-16-10(9(13)17-8)18-11(19)6-2-1-5(14)3-7(6)15/h1-4H,15H2,(H,16,18,19). The molecule has 1 heterocycles.